The van der Waals surface area contributed by atoms with Crippen molar-refractivity contribution in [2.45, 2.75) is 26.7 Å². The molecule has 0 spiro atoms. The summed E-state index contributed by atoms with van der Waals surface area (Å²) in [7, 11) is 0. The number of rotatable bonds is 9. The molecule has 2 aromatic rings. The highest BCUT2D eigenvalue weighted by Gasteiger charge is 2.24. The highest BCUT2D eigenvalue weighted by atomic mass is 19.2. The number of carbonyl (C=O) groups is 1. The van der Waals surface area contributed by atoms with E-state index in [-0.39, 0.29) is 17.2 Å². The van der Waals surface area contributed by atoms with Crippen LogP contribution >= 0.6 is 0 Å². The van der Waals surface area contributed by atoms with Crippen molar-refractivity contribution in [3.05, 3.63) is 57.6 Å². The predicted molar refractivity (Wildman–Crippen MR) is 99.0 cm³/mol. The van der Waals surface area contributed by atoms with E-state index in [1.807, 2.05) is 13.8 Å². The van der Waals surface area contributed by atoms with Gasteiger partial charge in [0.05, 0.1) is 29.8 Å². The number of anilines is 1. The number of halogens is 2. The zero-order chi connectivity index (χ0) is 20.7. The van der Waals surface area contributed by atoms with Crippen molar-refractivity contribution in [2.75, 3.05) is 18.5 Å². The normalized spacial score (nSPS) is 10.4. The van der Waals surface area contributed by atoms with E-state index in [1.54, 1.807) is 0 Å². The maximum absolute atomic E-state index is 13.8. The highest BCUT2D eigenvalue weighted by Crippen LogP contribution is 2.38. The molecule has 7 nitrogen and oxygen atoms in total. The minimum Gasteiger partial charge on any atom is -0.490 e. The van der Waals surface area contributed by atoms with E-state index in [0.717, 1.165) is 18.2 Å². The molecular weight excluding hydrogens is 374 g/mol. The molecule has 0 unspecified atom stereocenters. The molecule has 0 aromatic heterocycles. The summed E-state index contributed by atoms with van der Waals surface area (Å²) >= 11 is 0. The number of nitrogens with zero attached hydrogens (tertiary/aromatic N) is 1. The first-order valence-electron chi connectivity index (χ1n) is 8.72. The predicted octanol–water partition coefficient (Wildman–Crippen LogP) is 4.70. The van der Waals surface area contributed by atoms with Gasteiger partial charge in [-0.05, 0) is 25.0 Å². The van der Waals surface area contributed by atoms with Crippen molar-refractivity contribution in [1.82, 2.24) is 0 Å². The molecule has 0 aliphatic rings. The summed E-state index contributed by atoms with van der Waals surface area (Å²) in [6, 6.07) is 5.49. The topological polar surface area (TPSA) is 90.7 Å². The van der Waals surface area contributed by atoms with Crippen molar-refractivity contribution in [3.63, 3.8) is 0 Å². The molecule has 1 N–H and O–H groups in total. The van der Waals surface area contributed by atoms with Gasteiger partial charge in [-0.15, -0.1) is 0 Å². The first-order chi connectivity index (χ1) is 13.4. The maximum Gasteiger partial charge on any atom is 0.296 e. The maximum atomic E-state index is 13.8. The second-order valence-electron chi connectivity index (χ2n) is 5.83. The van der Waals surface area contributed by atoms with Crippen molar-refractivity contribution in [3.8, 4) is 11.5 Å². The molecule has 1 amide bonds. The molecular formula is C19H20F2N2O5. The van der Waals surface area contributed by atoms with Crippen LogP contribution in [-0.4, -0.2) is 24.0 Å². The van der Waals surface area contributed by atoms with Crippen molar-refractivity contribution in [1.29, 1.82) is 0 Å². The third kappa shape index (κ3) is 4.93. The Labute approximate surface area is 160 Å². The minimum absolute atomic E-state index is 0.164. The van der Waals surface area contributed by atoms with Gasteiger partial charge in [0.1, 0.15) is 5.69 Å². The quantitative estimate of drug-likeness (QED) is 0.492. The second-order valence-corrected chi connectivity index (χ2v) is 5.83. The van der Waals surface area contributed by atoms with Crippen LogP contribution in [-0.2, 0) is 0 Å². The Balaban J connectivity index is 2.44. The number of amides is 1. The molecule has 0 saturated heterocycles. The Bertz CT molecular complexity index is 874. The van der Waals surface area contributed by atoms with Crippen molar-refractivity contribution >= 4 is 17.3 Å². The molecule has 2 aromatic carbocycles. The van der Waals surface area contributed by atoms with Crippen LogP contribution < -0.4 is 14.8 Å². The molecule has 0 aliphatic carbocycles. The number of nitrogens with one attached hydrogen (secondary N) is 1. The van der Waals surface area contributed by atoms with Crippen LogP contribution in [0.4, 0.5) is 20.2 Å². The lowest BCUT2D eigenvalue weighted by Gasteiger charge is -2.14. The van der Waals surface area contributed by atoms with E-state index in [9.17, 15) is 23.7 Å². The van der Waals surface area contributed by atoms with Gasteiger partial charge in [-0.25, -0.2) is 8.78 Å². The van der Waals surface area contributed by atoms with Gasteiger partial charge in [0, 0.05) is 6.07 Å². The van der Waals surface area contributed by atoms with E-state index in [2.05, 4.69) is 5.32 Å². The Hall–Kier alpha value is -3.23. The Morgan fingerprint density at radius 3 is 2.29 bits per heavy atom. The number of ether oxygens (including phenoxy) is 2. The van der Waals surface area contributed by atoms with Crippen LogP contribution in [0.1, 0.15) is 37.0 Å². The number of hydrogen-bond acceptors (Lipinski definition) is 5. The average molecular weight is 394 g/mol. The van der Waals surface area contributed by atoms with Gasteiger partial charge in [0.25, 0.3) is 11.6 Å². The Morgan fingerprint density at radius 1 is 1.11 bits per heavy atom. The summed E-state index contributed by atoms with van der Waals surface area (Å²) in [4.78, 5) is 23.1. The smallest absolute Gasteiger partial charge is 0.296 e. The zero-order valence-electron chi connectivity index (χ0n) is 15.5. The van der Waals surface area contributed by atoms with E-state index in [1.165, 1.54) is 12.1 Å². The molecule has 150 valence electrons. The fraction of sp³-hybridized carbons (Fsp3) is 0.316. The molecule has 2 rings (SSSR count). The lowest BCUT2D eigenvalue weighted by molar-refractivity contribution is -0.384. The fourth-order valence-electron chi connectivity index (χ4n) is 2.32. The number of hydrogen-bond donors (Lipinski definition) is 1. The van der Waals surface area contributed by atoms with Gasteiger partial charge in [-0.1, -0.05) is 19.9 Å². The fourth-order valence-corrected chi connectivity index (χ4v) is 2.32. The van der Waals surface area contributed by atoms with E-state index in [0.29, 0.717) is 26.1 Å². The molecule has 0 aliphatic heterocycles. The first-order valence-corrected chi connectivity index (χ1v) is 8.72. The number of nitro benzene ring substituents is 1. The number of benzene rings is 2. The first kappa shape index (κ1) is 21.1. The standard InChI is InChI=1S/C19H20F2N2O5/c1-3-8-27-16-10-14(15(23(25)26)11-17(16)28-9-4-2)22-19(24)12-6-5-7-13(20)18(12)21/h5-7,10-11H,3-4,8-9H2,1-2H3,(H,22,24). The van der Waals surface area contributed by atoms with Crippen LogP contribution in [0.2, 0.25) is 0 Å². The van der Waals surface area contributed by atoms with E-state index >= 15 is 0 Å². The minimum atomic E-state index is -1.34. The summed E-state index contributed by atoms with van der Waals surface area (Å²) in [6.07, 6.45) is 1.36. The monoisotopic (exact) mass is 394 g/mol. The van der Waals surface area contributed by atoms with Gasteiger partial charge < -0.3 is 14.8 Å². The Kier molecular flexibility index (Phi) is 7.25. The summed E-state index contributed by atoms with van der Waals surface area (Å²) in [5.74, 6) is -3.19. The van der Waals surface area contributed by atoms with Crippen LogP contribution in [0.3, 0.4) is 0 Å². The van der Waals surface area contributed by atoms with Gasteiger partial charge in [0.15, 0.2) is 23.1 Å². The van der Waals surface area contributed by atoms with Gasteiger partial charge >= 0.3 is 0 Å². The molecule has 0 radical (unpaired) electrons. The lowest BCUT2D eigenvalue weighted by Crippen LogP contribution is -2.16. The van der Waals surface area contributed by atoms with Gasteiger partial charge in [-0.2, -0.15) is 0 Å². The van der Waals surface area contributed by atoms with Crippen LogP contribution in [0, 0.1) is 21.7 Å². The van der Waals surface area contributed by atoms with E-state index in [4.69, 9.17) is 9.47 Å². The van der Waals surface area contributed by atoms with Gasteiger partial charge in [-0.3, -0.25) is 14.9 Å². The molecule has 0 atom stereocenters. The van der Waals surface area contributed by atoms with Crippen molar-refractivity contribution < 1.29 is 28.0 Å². The number of nitro groups is 1. The second kappa shape index (κ2) is 9.63. The largest absolute Gasteiger partial charge is 0.490 e. The Morgan fingerprint density at radius 2 is 1.71 bits per heavy atom. The molecule has 0 fully saturated rings. The van der Waals surface area contributed by atoms with Gasteiger partial charge in [0.2, 0.25) is 0 Å². The average Bonchev–Trinajstić information content (AvgIpc) is 2.67. The van der Waals surface area contributed by atoms with Crippen LogP contribution in [0.25, 0.3) is 0 Å². The molecule has 9 heteroatoms. The van der Waals surface area contributed by atoms with Crippen molar-refractivity contribution in [2.24, 2.45) is 0 Å². The summed E-state index contributed by atoms with van der Waals surface area (Å²) in [6.45, 7) is 4.41. The third-order valence-electron chi connectivity index (χ3n) is 3.63. The van der Waals surface area contributed by atoms with E-state index < -0.39 is 33.7 Å². The van der Waals surface area contributed by atoms with Crippen LogP contribution in [0.15, 0.2) is 30.3 Å². The molecule has 0 heterocycles. The summed E-state index contributed by atoms with van der Waals surface area (Å²) < 4.78 is 38.3. The SMILES string of the molecule is CCCOc1cc(NC(=O)c2cccc(F)c2F)c([N+](=O)[O-])cc1OCCC. The third-order valence-corrected chi connectivity index (χ3v) is 3.63. The molecule has 0 bridgehead atoms. The summed E-state index contributed by atoms with van der Waals surface area (Å²) in [5, 5.41) is 13.7. The zero-order valence-corrected chi connectivity index (χ0v) is 15.5. The summed E-state index contributed by atoms with van der Waals surface area (Å²) in [5.41, 5.74) is -1.25. The number of carbonyl (C=O) groups excluding carboxylic acids is 1. The molecule has 28 heavy (non-hydrogen) atoms. The lowest BCUT2D eigenvalue weighted by atomic mass is 10.1. The van der Waals surface area contributed by atoms with Crippen LogP contribution in [0.5, 0.6) is 11.5 Å². The molecule has 0 saturated carbocycles. The highest BCUT2D eigenvalue weighted by molar-refractivity contribution is 6.05.